The zero-order chi connectivity index (χ0) is 26.2. The van der Waals surface area contributed by atoms with Gasteiger partial charge in [0.25, 0.3) is 0 Å². The van der Waals surface area contributed by atoms with Crippen LogP contribution in [0.1, 0.15) is 49.1 Å². The van der Waals surface area contributed by atoms with Crippen molar-refractivity contribution in [1.82, 2.24) is 25.3 Å². The van der Waals surface area contributed by atoms with Crippen molar-refractivity contribution in [2.75, 3.05) is 13.7 Å². The van der Waals surface area contributed by atoms with Gasteiger partial charge in [0.1, 0.15) is 11.4 Å². The highest BCUT2D eigenvalue weighted by molar-refractivity contribution is 5.70. The van der Waals surface area contributed by atoms with E-state index in [9.17, 15) is 14.7 Å². The minimum absolute atomic E-state index is 0.146. The van der Waals surface area contributed by atoms with E-state index in [4.69, 9.17) is 9.47 Å². The van der Waals surface area contributed by atoms with Crippen LogP contribution in [-0.2, 0) is 22.5 Å². The SMILES string of the molecule is Cc1nc(-c2n[nH]nc2CCOC(=O)N(C)Cc2ccccc2)ccc1OC1CCCCC(C(=O)O)C1. The Morgan fingerprint density at radius 3 is 2.65 bits per heavy atom. The van der Waals surface area contributed by atoms with Crippen LogP contribution in [0.4, 0.5) is 4.79 Å². The Morgan fingerprint density at radius 1 is 1.11 bits per heavy atom. The minimum atomic E-state index is -0.757. The Labute approximate surface area is 216 Å². The summed E-state index contributed by atoms with van der Waals surface area (Å²) in [6.07, 6.45) is 3.71. The number of ether oxygens (including phenoxy) is 2. The first kappa shape index (κ1) is 26.1. The first-order valence-corrected chi connectivity index (χ1v) is 12.6. The molecule has 10 nitrogen and oxygen atoms in total. The van der Waals surface area contributed by atoms with E-state index in [1.165, 1.54) is 4.90 Å². The lowest BCUT2D eigenvalue weighted by atomic mass is 9.99. The second-order valence-electron chi connectivity index (χ2n) is 9.40. The fourth-order valence-corrected chi connectivity index (χ4v) is 4.53. The molecule has 196 valence electrons. The van der Waals surface area contributed by atoms with Gasteiger partial charge in [0, 0.05) is 20.0 Å². The van der Waals surface area contributed by atoms with Gasteiger partial charge in [-0.05, 0) is 50.3 Å². The van der Waals surface area contributed by atoms with Gasteiger partial charge < -0.3 is 19.5 Å². The Balaban J connectivity index is 1.33. The van der Waals surface area contributed by atoms with Crippen molar-refractivity contribution in [1.29, 1.82) is 0 Å². The molecule has 0 saturated heterocycles. The summed E-state index contributed by atoms with van der Waals surface area (Å²) in [6.45, 7) is 2.47. The normalized spacial score (nSPS) is 17.6. The summed E-state index contributed by atoms with van der Waals surface area (Å²) in [6, 6.07) is 13.4. The fraction of sp³-hybridized carbons (Fsp3) is 0.444. The van der Waals surface area contributed by atoms with E-state index in [1.807, 2.05) is 49.4 Å². The average Bonchev–Trinajstić information content (AvgIpc) is 3.22. The summed E-state index contributed by atoms with van der Waals surface area (Å²) in [5.74, 6) is -0.488. The highest BCUT2D eigenvalue weighted by Crippen LogP contribution is 2.29. The quantitative estimate of drug-likeness (QED) is 0.408. The molecule has 0 aliphatic heterocycles. The molecule has 1 aliphatic rings. The maximum atomic E-state index is 12.4. The van der Waals surface area contributed by atoms with Crippen molar-refractivity contribution < 1.29 is 24.2 Å². The number of hydrogen-bond donors (Lipinski definition) is 2. The molecule has 0 bridgehead atoms. The van der Waals surface area contributed by atoms with Crippen molar-refractivity contribution in [2.45, 2.75) is 58.1 Å². The van der Waals surface area contributed by atoms with Crippen LogP contribution in [0.25, 0.3) is 11.4 Å². The first-order chi connectivity index (χ1) is 17.9. The number of hydrogen-bond acceptors (Lipinski definition) is 7. The highest BCUT2D eigenvalue weighted by atomic mass is 16.6. The number of nitrogens with one attached hydrogen (secondary N) is 1. The van der Waals surface area contributed by atoms with Crippen molar-refractivity contribution in [3.05, 3.63) is 59.4 Å². The molecule has 4 rings (SSSR count). The molecule has 37 heavy (non-hydrogen) atoms. The molecule has 1 saturated carbocycles. The van der Waals surface area contributed by atoms with Gasteiger partial charge >= 0.3 is 12.1 Å². The third-order valence-electron chi connectivity index (χ3n) is 6.56. The van der Waals surface area contributed by atoms with Crippen molar-refractivity contribution in [3.63, 3.8) is 0 Å². The van der Waals surface area contributed by atoms with Gasteiger partial charge in [0.05, 0.1) is 35.7 Å². The maximum absolute atomic E-state index is 12.4. The van der Waals surface area contributed by atoms with E-state index in [1.54, 1.807) is 7.05 Å². The maximum Gasteiger partial charge on any atom is 0.409 e. The van der Waals surface area contributed by atoms with Crippen molar-refractivity contribution in [2.24, 2.45) is 5.92 Å². The lowest BCUT2D eigenvalue weighted by molar-refractivity contribution is -0.142. The molecule has 2 heterocycles. The summed E-state index contributed by atoms with van der Waals surface area (Å²) >= 11 is 0. The number of carbonyl (C=O) groups is 2. The number of H-pyrrole nitrogens is 1. The molecule has 2 atom stereocenters. The van der Waals surface area contributed by atoms with Crippen LogP contribution in [0, 0.1) is 12.8 Å². The highest BCUT2D eigenvalue weighted by Gasteiger charge is 2.27. The second kappa shape index (κ2) is 12.3. The number of carboxylic acids is 1. The molecule has 3 aromatic rings. The van der Waals surface area contributed by atoms with E-state index in [0.717, 1.165) is 24.8 Å². The molecule has 1 amide bonds. The summed E-state index contributed by atoms with van der Waals surface area (Å²) in [7, 11) is 1.70. The Hall–Kier alpha value is -3.95. The summed E-state index contributed by atoms with van der Waals surface area (Å²) in [4.78, 5) is 30.0. The Bertz CT molecular complexity index is 1200. The van der Waals surface area contributed by atoms with Gasteiger partial charge in [-0.2, -0.15) is 15.4 Å². The van der Waals surface area contributed by atoms with Crippen LogP contribution in [0.15, 0.2) is 42.5 Å². The number of aliphatic carboxylic acids is 1. The van der Waals surface area contributed by atoms with E-state index in [-0.39, 0.29) is 18.6 Å². The number of rotatable bonds is 9. The topological polar surface area (TPSA) is 131 Å². The molecule has 0 spiro atoms. The molecule has 1 aromatic carbocycles. The molecule has 10 heteroatoms. The fourth-order valence-electron chi connectivity index (χ4n) is 4.53. The molecular weight excluding hydrogens is 474 g/mol. The monoisotopic (exact) mass is 507 g/mol. The van der Waals surface area contributed by atoms with E-state index in [2.05, 4.69) is 20.4 Å². The van der Waals surface area contributed by atoms with Crippen molar-refractivity contribution in [3.8, 4) is 17.1 Å². The van der Waals surface area contributed by atoms with Gasteiger partial charge in [-0.1, -0.05) is 36.8 Å². The van der Waals surface area contributed by atoms with Crippen molar-refractivity contribution >= 4 is 12.1 Å². The molecule has 2 aromatic heterocycles. The lowest BCUT2D eigenvalue weighted by Gasteiger charge is -2.20. The summed E-state index contributed by atoms with van der Waals surface area (Å²) in [5, 5.41) is 20.5. The zero-order valence-corrected chi connectivity index (χ0v) is 21.2. The van der Waals surface area contributed by atoms with Crippen LogP contribution in [0.5, 0.6) is 5.75 Å². The Kier molecular flexibility index (Phi) is 8.71. The third kappa shape index (κ3) is 7.05. The van der Waals surface area contributed by atoms with Gasteiger partial charge in [-0.25, -0.2) is 9.78 Å². The smallest absolute Gasteiger partial charge is 0.409 e. The lowest BCUT2D eigenvalue weighted by Crippen LogP contribution is -2.27. The van der Waals surface area contributed by atoms with Crippen LogP contribution in [-0.4, -0.2) is 62.2 Å². The number of aromatic amines is 1. The number of nitrogens with zero attached hydrogens (tertiary/aromatic N) is 4. The third-order valence-corrected chi connectivity index (χ3v) is 6.56. The second-order valence-corrected chi connectivity index (χ2v) is 9.40. The standard InChI is InChI=1S/C27H33N5O5/c1-18-24(37-21-11-7-6-10-20(16-21)26(33)34)13-12-22(28-18)25-23(29-31-30-25)14-15-36-27(35)32(2)17-19-8-4-3-5-9-19/h3-5,8-9,12-13,20-21H,6-7,10-11,14-17H2,1-2H3,(H,33,34)(H,29,30,31). The molecule has 2 unspecified atom stereocenters. The summed E-state index contributed by atoms with van der Waals surface area (Å²) in [5.41, 5.74) is 3.58. The number of carbonyl (C=O) groups excluding carboxylic acids is 1. The molecular formula is C27H33N5O5. The van der Waals surface area contributed by atoms with Gasteiger partial charge in [-0.3, -0.25) is 4.79 Å². The number of pyridine rings is 1. The predicted molar refractivity (Wildman–Crippen MR) is 136 cm³/mol. The summed E-state index contributed by atoms with van der Waals surface area (Å²) < 4.78 is 11.6. The van der Waals surface area contributed by atoms with E-state index < -0.39 is 12.1 Å². The van der Waals surface area contributed by atoms with Crippen LogP contribution < -0.4 is 4.74 Å². The number of aryl methyl sites for hydroxylation is 1. The molecule has 0 radical (unpaired) electrons. The van der Waals surface area contributed by atoms with Crippen LogP contribution in [0.2, 0.25) is 0 Å². The van der Waals surface area contributed by atoms with Crippen LogP contribution >= 0.6 is 0 Å². The number of carboxylic acid groups (broad SMARTS) is 1. The molecule has 1 aliphatic carbocycles. The van der Waals surface area contributed by atoms with Gasteiger partial charge in [-0.15, -0.1) is 0 Å². The predicted octanol–water partition coefficient (Wildman–Crippen LogP) is 4.40. The zero-order valence-electron chi connectivity index (χ0n) is 21.2. The first-order valence-electron chi connectivity index (χ1n) is 12.6. The molecule has 2 N–H and O–H groups in total. The largest absolute Gasteiger partial charge is 0.489 e. The Morgan fingerprint density at radius 2 is 1.89 bits per heavy atom. The van der Waals surface area contributed by atoms with Gasteiger partial charge in [0.2, 0.25) is 0 Å². The number of benzene rings is 1. The van der Waals surface area contributed by atoms with E-state index in [0.29, 0.717) is 54.3 Å². The average molecular weight is 508 g/mol. The van der Waals surface area contributed by atoms with E-state index >= 15 is 0 Å². The van der Waals surface area contributed by atoms with Gasteiger partial charge in [0.15, 0.2) is 0 Å². The number of amides is 1. The number of aromatic nitrogens is 4. The minimum Gasteiger partial charge on any atom is -0.489 e. The van der Waals surface area contributed by atoms with Crippen LogP contribution in [0.3, 0.4) is 0 Å². The molecule has 1 fully saturated rings.